The van der Waals surface area contributed by atoms with E-state index in [1.165, 1.54) is 7.11 Å². The summed E-state index contributed by atoms with van der Waals surface area (Å²) in [5, 5.41) is 3.30. The molecule has 0 aromatic heterocycles. The number of hydrogen-bond acceptors (Lipinski definition) is 4. The fraction of sp³-hybridized carbons (Fsp3) is 0.600. The predicted molar refractivity (Wildman–Crippen MR) is 40.0 cm³/mol. The van der Waals surface area contributed by atoms with Crippen molar-refractivity contribution < 1.29 is 14.4 Å². The highest BCUT2D eigenvalue weighted by molar-refractivity contribution is 9.19. The van der Waals surface area contributed by atoms with Gasteiger partial charge in [-0.15, -0.1) is 0 Å². The van der Waals surface area contributed by atoms with E-state index in [1.54, 1.807) is 6.92 Å². The summed E-state index contributed by atoms with van der Waals surface area (Å²) in [5.41, 5.74) is 0. The molecule has 0 aromatic carbocycles. The molecule has 0 N–H and O–H groups in total. The van der Waals surface area contributed by atoms with Gasteiger partial charge < -0.3 is 9.57 Å². The highest BCUT2D eigenvalue weighted by Crippen LogP contribution is 1.93. The lowest BCUT2D eigenvalue weighted by atomic mass is 10.7. The van der Waals surface area contributed by atoms with E-state index < -0.39 is 5.97 Å². The van der Waals surface area contributed by atoms with Crippen LogP contribution in [-0.2, 0) is 14.4 Å². The zero-order valence-electron chi connectivity index (χ0n) is 5.76. The maximum absolute atomic E-state index is 10.7. The summed E-state index contributed by atoms with van der Waals surface area (Å²) in [5.74, 6) is -0.524. The van der Waals surface area contributed by atoms with Crippen LogP contribution in [-0.4, -0.2) is 24.3 Å². The molecule has 0 unspecified atom stereocenters. The van der Waals surface area contributed by atoms with Gasteiger partial charge in [0.15, 0.2) is 0 Å². The summed E-state index contributed by atoms with van der Waals surface area (Å²) in [6, 6.07) is 0. The van der Waals surface area contributed by atoms with E-state index in [2.05, 4.69) is 30.7 Å². The van der Waals surface area contributed by atoms with Gasteiger partial charge in [0.2, 0.25) is 4.62 Å². The summed E-state index contributed by atoms with van der Waals surface area (Å²) in [4.78, 5) is 15.0. The molecule has 5 heteroatoms. The first-order valence-electron chi connectivity index (χ1n) is 2.66. The molecular weight excluding hydrogens is 202 g/mol. The smallest absolute Gasteiger partial charge is 0.367 e. The number of rotatable bonds is 3. The first-order chi connectivity index (χ1) is 4.72. The van der Waals surface area contributed by atoms with Crippen molar-refractivity contribution in [2.24, 2.45) is 5.16 Å². The molecular formula is C5H8BrNO3. The molecule has 0 spiro atoms. The quantitative estimate of drug-likeness (QED) is 0.395. The number of nitrogens with zero attached hydrogens (tertiary/aromatic N) is 1. The van der Waals surface area contributed by atoms with E-state index in [0.717, 1.165) is 0 Å². The zero-order valence-corrected chi connectivity index (χ0v) is 7.34. The lowest BCUT2D eigenvalue weighted by Crippen LogP contribution is -2.11. The Morgan fingerprint density at radius 3 is 2.70 bits per heavy atom. The monoisotopic (exact) mass is 209 g/mol. The molecule has 0 fully saturated rings. The summed E-state index contributed by atoms with van der Waals surface area (Å²) < 4.78 is 4.60. The van der Waals surface area contributed by atoms with Gasteiger partial charge in [0, 0.05) is 0 Å². The van der Waals surface area contributed by atoms with Gasteiger partial charge in [-0.3, -0.25) is 0 Å². The maximum atomic E-state index is 10.7. The summed E-state index contributed by atoms with van der Waals surface area (Å²) in [6.45, 7) is 2.04. The second-order valence-electron chi connectivity index (χ2n) is 1.29. The van der Waals surface area contributed by atoms with Crippen LogP contribution in [0.1, 0.15) is 6.92 Å². The molecule has 58 valence electrons. The molecule has 0 amide bonds. The van der Waals surface area contributed by atoms with E-state index >= 15 is 0 Å². The molecule has 4 nitrogen and oxygen atoms in total. The summed E-state index contributed by atoms with van der Waals surface area (Å²) >= 11 is 2.85. The Bertz CT molecular complexity index is 146. The third-order valence-electron chi connectivity index (χ3n) is 0.615. The largest absolute Gasteiger partial charge is 0.461 e. The topological polar surface area (TPSA) is 47.9 Å². The highest BCUT2D eigenvalue weighted by Gasteiger charge is 2.07. The van der Waals surface area contributed by atoms with Crippen LogP contribution in [0.15, 0.2) is 5.16 Å². The van der Waals surface area contributed by atoms with E-state index in [0.29, 0.717) is 6.61 Å². The average Bonchev–Trinajstić information content (AvgIpc) is 1.89. The van der Waals surface area contributed by atoms with Crippen molar-refractivity contribution in [2.75, 3.05) is 13.7 Å². The Labute approximate surface area is 67.3 Å². The second-order valence-corrected chi connectivity index (χ2v) is 2.04. The van der Waals surface area contributed by atoms with E-state index in [4.69, 9.17) is 0 Å². The molecule has 0 aliphatic carbocycles. The Morgan fingerprint density at radius 2 is 2.30 bits per heavy atom. The van der Waals surface area contributed by atoms with Crippen molar-refractivity contribution in [3.05, 3.63) is 0 Å². The zero-order chi connectivity index (χ0) is 7.98. The van der Waals surface area contributed by atoms with Crippen molar-refractivity contribution in [1.82, 2.24) is 0 Å². The van der Waals surface area contributed by atoms with Crippen molar-refractivity contribution in [2.45, 2.75) is 6.92 Å². The SMILES string of the molecule is CCOC(=O)/C(Br)=N/OC. The molecule has 0 aliphatic heterocycles. The first-order valence-corrected chi connectivity index (χ1v) is 3.45. The van der Waals surface area contributed by atoms with Crippen molar-refractivity contribution >= 4 is 26.5 Å². The van der Waals surface area contributed by atoms with Gasteiger partial charge in [0.1, 0.15) is 7.11 Å². The lowest BCUT2D eigenvalue weighted by Gasteiger charge is -1.96. The Kier molecular flexibility index (Phi) is 4.92. The Hall–Kier alpha value is -0.580. The minimum atomic E-state index is -0.524. The lowest BCUT2D eigenvalue weighted by molar-refractivity contribution is -0.134. The van der Waals surface area contributed by atoms with Gasteiger partial charge in [-0.1, -0.05) is 5.16 Å². The van der Waals surface area contributed by atoms with E-state index in [1.807, 2.05) is 0 Å². The number of ether oxygens (including phenoxy) is 1. The number of esters is 1. The van der Waals surface area contributed by atoms with Crippen LogP contribution in [0.25, 0.3) is 0 Å². The van der Waals surface area contributed by atoms with Gasteiger partial charge in [-0.25, -0.2) is 4.79 Å². The number of oxime groups is 1. The predicted octanol–water partition coefficient (Wildman–Crippen LogP) is 0.904. The molecule has 0 saturated carbocycles. The average molecular weight is 210 g/mol. The molecule has 0 heterocycles. The van der Waals surface area contributed by atoms with Crippen molar-refractivity contribution in [3.8, 4) is 0 Å². The van der Waals surface area contributed by atoms with E-state index in [-0.39, 0.29) is 4.62 Å². The fourth-order valence-corrected chi connectivity index (χ4v) is 0.567. The van der Waals surface area contributed by atoms with Crippen LogP contribution >= 0.6 is 15.9 Å². The van der Waals surface area contributed by atoms with Crippen LogP contribution in [0, 0.1) is 0 Å². The summed E-state index contributed by atoms with van der Waals surface area (Å²) in [7, 11) is 1.35. The third kappa shape index (κ3) is 3.45. The van der Waals surface area contributed by atoms with Gasteiger partial charge in [-0.05, 0) is 22.9 Å². The van der Waals surface area contributed by atoms with E-state index in [9.17, 15) is 4.79 Å². The number of carbonyl (C=O) groups is 1. The van der Waals surface area contributed by atoms with Crippen LogP contribution in [0.4, 0.5) is 0 Å². The highest BCUT2D eigenvalue weighted by atomic mass is 79.9. The summed E-state index contributed by atoms with van der Waals surface area (Å²) in [6.07, 6.45) is 0. The van der Waals surface area contributed by atoms with Gasteiger partial charge in [0.25, 0.3) is 0 Å². The van der Waals surface area contributed by atoms with Crippen LogP contribution in [0.5, 0.6) is 0 Å². The maximum Gasteiger partial charge on any atom is 0.367 e. The number of hydrogen-bond donors (Lipinski definition) is 0. The minimum Gasteiger partial charge on any atom is -0.461 e. The molecule has 0 bridgehead atoms. The fourth-order valence-electron chi connectivity index (χ4n) is 0.308. The Balaban J connectivity index is 3.82. The van der Waals surface area contributed by atoms with Crippen LogP contribution in [0.2, 0.25) is 0 Å². The van der Waals surface area contributed by atoms with Gasteiger partial charge in [0.05, 0.1) is 6.61 Å². The first kappa shape index (κ1) is 9.42. The standard InChI is InChI=1S/C5H8BrNO3/c1-3-10-5(8)4(6)7-9-2/h3H2,1-2H3/b7-4-. The molecule has 0 saturated heterocycles. The molecule has 0 aromatic rings. The molecule has 0 rings (SSSR count). The van der Waals surface area contributed by atoms with Gasteiger partial charge >= 0.3 is 5.97 Å². The molecule has 10 heavy (non-hydrogen) atoms. The number of halogens is 1. The van der Waals surface area contributed by atoms with Crippen LogP contribution in [0.3, 0.4) is 0 Å². The van der Waals surface area contributed by atoms with Crippen LogP contribution < -0.4 is 0 Å². The van der Waals surface area contributed by atoms with Crippen molar-refractivity contribution in [1.29, 1.82) is 0 Å². The van der Waals surface area contributed by atoms with Gasteiger partial charge in [-0.2, -0.15) is 0 Å². The normalized spacial score (nSPS) is 10.9. The Morgan fingerprint density at radius 1 is 1.70 bits per heavy atom. The number of carbonyl (C=O) groups excluding carboxylic acids is 1. The molecule has 0 radical (unpaired) electrons. The molecule has 0 atom stereocenters. The molecule has 0 aliphatic rings. The minimum absolute atomic E-state index is 0.0388. The third-order valence-corrected chi connectivity index (χ3v) is 1.08. The van der Waals surface area contributed by atoms with Crippen molar-refractivity contribution in [3.63, 3.8) is 0 Å². The second kappa shape index (κ2) is 5.22.